The van der Waals surface area contributed by atoms with Crippen molar-refractivity contribution in [1.82, 2.24) is 10.2 Å². The summed E-state index contributed by atoms with van der Waals surface area (Å²) in [5, 5.41) is 3.94. The first-order valence-electron chi connectivity index (χ1n) is 8.94. The summed E-state index contributed by atoms with van der Waals surface area (Å²) < 4.78 is 0. The van der Waals surface area contributed by atoms with Crippen molar-refractivity contribution in [2.45, 2.75) is 57.0 Å². The summed E-state index contributed by atoms with van der Waals surface area (Å²) in [7, 11) is 0. The molecular formula is C19H28N2. The van der Waals surface area contributed by atoms with E-state index in [9.17, 15) is 0 Å². The smallest absolute Gasteiger partial charge is 0.0200 e. The zero-order valence-corrected chi connectivity index (χ0v) is 13.1. The third-order valence-corrected chi connectivity index (χ3v) is 5.94. The van der Waals surface area contributed by atoms with Crippen molar-refractivity contribution in [3.05, 3.63) is 35.4 Å². The summed E-state index contributed by atoms with van der Waals surface area (Å²) in [5.41, 5.74) is 3.15. The highest BCUT2D eigenvalue weighted by Crippen LogP contribution is 2.33. The fraction of sp³-hybridized carbons (Fsp3) is 0.684. The maximum Gasteiger partial charge on any atom is 0.0200 e. The zero-order chi connectivity index (χ0) is 14.1. The summed E-state index contributed by atoms with van der Waals surface area (Å²) in [5.74, 6) is 0.980. The van der Waals surface area contributed by atoms with Crippen LogP contribution in [0.2, 0.25) is 0 Å². The van der Waals surface area contributed by atoms with Crippen molar-refractivity contribution < 1.29 is 0 Å². The third-order valence-electron chi connectivity index (χ3n) is 5.94. The van der Waals surface area contributed by atoms with Crippen LogP contribution in [0.5, 0.6) is 0 Å². The van der Waals surface area contributed by atoms with E-state index in [1.165, 1.54) is 64.6 Å². The second-order valence-electron chi connectivity index (χ2n) is 7.32. The van der Waals surface area contributed by atoms with Gasteiger partial charge in [-0.2, -0.15) is 0 Å². The molecule has 114 valence electrons. The van der Waals surface area contributed by atoms with Gasteiger partial charge in [0.2, 0.25) is 0 Å². The van der Waals surface area contributed by atoms with E-state index >= 15 is 0 Å². The second kappa shape index (κ2) is 6.10. The molecule has 1 aromatic carbocycles. The highest BCUT2D eigenvalue weighted by Gasteiger charge is 2.35. The van der Waals surface area contributed by atoms with Crippen LogP contribution in [0.15, 0.2) is 24.3 Å². The van der Waals surface area contributed by atoms with E-state index in [1.54, 1.807) is 11.1 Å². The first-order valence-corrected chi connectivity index (χ1v) is 8.94. The second-order valence-corrected chi connectivity index (χ2v) is 7.32. The van der Waals surface area contributed by atoms with Gasteiger partial charge in [0.25, 0.3) is 0 Å². The average molecular weight is 284 g/mol. The highest BCUT2D eigenvalue weighted by molar-refractivity contribution is 5.28. The Labute approximate surface area is 128 Å². The predicted octanol–water partition coefficient (Wildman–Crippen LogP) is 3.01. The SMILES string of the molecule is c1ccc2c(c1)CCN(CC1CC3CCCCC3N1)CC2. The van der Waals surface area contributed by atoms with Gasteiger partial charge in [0.05, 0.1) is 0 Å². The Morgan fingerprint density at radius 3 is 2.43 bits per heavy atom. The van der Waals surface area contributed by atoms with Crippen LogP contribution in [0.25, 0.3) is 0 Å². The summed E-state index contributed by atoms with van der Waals surface area (Å²) >= 11 is 0. The average Bonchev–Trinajstić information content (AvgIpc) is 2.81. The molecule has 3 unspecified atom stereocenters. The summed E-state index contributed by atoms with van der Waals surface area (Å²) in [4.78, 5) is 2.70. The number of nitrogens with one attached hydrogen (secondary N) is 1. The predicted molar refractivity (Wildman–Crippen MR) is 87.6 cm³/mol. The topological polar surface area (TPSA) is 15.3 Å². The van der Waals surface area contributed by atoms with Gasteiger partial charge in [-0.25, -0.2) is 0 Å². The number of hydrogen-bond acceptors (Lipinski definition) is 2. The Morgan fingerprint density at radius 1 is 1.00 bits per heavy atom. The zero-order valence-electron chi connectivity index (χ0n) is 13.1. The molecule has 2 fully saturated rings. The Morgan fingerprint density at radius 2 is 1.71 bits per heavy atom. The Balaban J connectivity index is 1.34. The lowest BCUT2D eigenvalue weighted by Crippen LogP contribution is -2.41. The van der Waals surface area contributed by atoms with Crippen molar-refractivity contribution in [2.75, 3.05) is 19.6 Å². The molecular weight excluding hydrogens is 256 g/mol. The van der Waals surface area contributed by atoms with E-state index < -0.39 is 0 Å². The van der Waals surface area contributed by atoms with E-state index in [0.717, 1.165) is 18.0 Å². The molecule has 3 aliphatic rings. The molecule has 1 saturated heterocycles. The number of hydrogen-bond donors (Lipinski definition) is 1. The molecule has 3 atom stereocenters. The molecule has 2 heteroatoms. The van der Waals surface area contributed by atoms with Gasteiger partial charge in [0.15, 0.2) is 0 Å². The largest absolute Gasteiger partial charge is 0.310 e. The molecule has 1 aliphatic carbocycles. The number of nitrogens with zero attached hydrogens (tertiary/aromatic N) is 1. The fourth-order valence-corrected chi connectivity index (χ4v) is 4.78. The van der Waals surface area contributed by atoms with Gasteiger partial charge in [0, 0.05) is 31.7 Å². The van der Waals surface area contributed by atoms with Crippen LogP contribution in [0.1, 0.15) is 43.2 Å². The van der Waals surface area contributed by atoms with Gasteiger partial charge < -0.3 is 10.2 Å². The molecule has 0 amide bonds. The van der Waals surface area contributed by atoms with Gasteiger partial charge in [0.1, 0.15) is 0 Å². The molecule has 0 spiro atoms. The van der Waals surface area contributed by atoms with Crippen LogP contribution < -0.4 is 5.32 Å². The molecule has 2 aliphatic heterocycles. The van der Waals surface area contributed by atoms with Crippen molar-refractivity contribution >= 4 is 0 Å². The highest BCUT2D eigenvalue weighted by atomic mass is 15.2. The minimum atomic E-state index is 0.749. The minimum Gasteiger partial charge on any atom is -0.310 e. The molecule has 1 N–H and O–H groups in total. The fourth-order valence-electron chi connectivity index (χ4n) is 4.78. The summed E-state index contributed by atoms with van der Waals surface area (Å²) in [6.45, 7) is 3.75. The van der Waals surface area contributed by atoms with Gasteiger partial charge in [-0.05, 0) is 49.1 Å². The first kappa shape index (κ1) is 13.8. The van der Waals surface area contributed by atoms with Gasteiger partial charge in [-0.3, -0.25) is 0 Å². The maximum atomic E-state index is 3.94. The van der Waals surface area contributed by atoms with Crippen molar-refractivity contribution in [2.24, 2.45) is 5.92 Å². The molecule has 21 heavy (non-hydrogen) atoms. The lowest BCUT2D eigenvalue weighted by molar-refractivity contribution is 0.257. The first-order chi connectivity index (χ1) is 10.4. The van der Waals surface area contributed by atoms with E-state index in [0.29, 0.717) is 0 Å². The van der Waals surface area contributed by atoms with Crippen molar-refractivity contribution in [1.29, 1.82) is 0 Å². The summed E-state index contributed by atoms with van der Waals surface area (Å²) in [6, 6.07) is 10.6. The molecule has 0 aromatic heterocycles. The van der Waals surface area contributed by atoms with Crippen molar-refractivity contribution in [3.63, 3.8) is 0 Å². The lowest BCUT2D eigenvalue weighted by atomic mass is 9.85. The van der Waals surface area contributed by atoms with Gasteiger partial charge in [-0.15, -0.1) is 0 Å². The van der Waals surface area contributed by atoms with Crippen LogP contribution in [-0.4, -0.2) is 36.6 Å². The molecule has 2 nitrogen and oxygen atoms in total. The van der Waals surface area contributed by atoms with Gasteiger partial charge in [-0.1, -0.05) is 37.1 Å². The number of fused-ring (bicyclic) bond motifs is 2. The lowest BCUT2D eigenvalue weighted by Gasteiger charge is -2.25. The van der Waals surface area contributed by atoms with E-state index in [1.807, 2.05) is 0 Å². The van der Waals surface area contributed by atoms with Crippen LogP contribution >= 0.6 is 0 Å². The minimum absolute atomic E-state index is 0.749. The molecule has 1 aromatic rings. The van der Waals surface area contributed by atoms with Crippen LogP contribution in [0.3, 0.4) is 0 Å². The standard InChI is InChI=1S/C19H28N2/c1-2-6-16-10-12-21(11-9-15(16)5-1)14-18-13-17-7-3-4-8-19(17)20-18/h1-2,5-6,17-20H,3-4,7-14H2. The quantitative estimate of drug-likeness (QED) is 0.898. The number of rotatable bonds is 2. The summed E-state index contributed by atoms with van der Waals surface area (Å²) in [6.07, 6.45) is 9.69. The maximum absolute atomic E-state index is 3.94. The van der Waals surface area contributed by atoms with Crippen LogP contribution in [0, 0.1) is 5.92 Å². The van der Waals surface area contributed by atoms with E-state index in [4.69, 9.17) is 0 Å². The Kier molecular flexibility index (Phi) is 4.00. The monoisotopic (exact) mass is 284 g/mol. The normalized spacial score (nSPS) is 33.2. The molecule has 1 saturated carbocycles. The van der Waals surface area contributed by atoms with E-state index in [2.05, 4.69) is 34.5 Å². The Bertz CT molecular complexity index is 443. The van der Waals surface area contributed by atoms with E-state index in [-0.39, 0.29) is 0 Å². The molecule has 4 rings (SSSR count). The number of benzene rings is 1. The Hall–Kier alpha value is -0.860. The van der Waals surface area contributed by atoms with Gasteiger partial charge >= 0.3 is 0 Å². The molecule has 0 radical (unpaired) electrons. The van der Waals surface area contributed by atoms with Crippen molar-refractivity contribution in [3.8, 4) is 0 Å². The van der Waals surface area contributed by atoms with Crippen LogP contribution in [0.4, 0.5) is 0 Å². The molecule has 0 bridgehead atoms. The molecule has 2 heterocycles. The third kappa shape index (κ3) is 3.02. The van der Waals surface area contributed by atoms with Crippen LogP contribution in [-0.2, 0) is 12.8 Å².